The van der Waals surface area contributed by atoms with E-state index < -0.39 is 58.3 Å². The number of amides is 1. The van der Waals surface area contributed by atoms with Crippen molar-refractivity contribution in [3.8, 4) is 39.8 Å². The number of nitrogens with one attached hydrogen (secondary N) is 3. The molecule has 0 spiro atoms. The van der Waals surface area contributed by atoms with Gasteiger partial charge in [0.05, 0.1) is 23.5 Å². The molecule has 60 heavy (non-hydrogen) atoms. The molecule has 0 saturated carbocycles. The van der Waals surface area contributed by atoms with Crippen LogP contribution in [-0.2, 0) is 45.2 Å². The number of aliphatic carboxylic acids is 1. The average molecular weight is 836 g/mol. The number of carbonyl (C=O) groups is 2. The Morgan fingerprint density at radius 2 is 1.53 bits per heavy atom. The molecule has 1 atom stereocenters. The Bertz CT molecular complexity index is 3010. The largest absolute Gasteiger partial charge is 0.497 e. The highest BCUT2D eigenvalue weighted by Crippen LogP contribution is 2.48. The molecule has 0 radical (unpaired) electrons. The summed E-state index contributed by atoms with van der Waals surface area (Å²) < 4.78 is 87.7. The van der Waals surface area contributed by atoms with Gasteiger partial charge in [0.1, 0.15) is 23.1 Å². The molecule has 1 aliphatic carbocycles. The van der Waals surface area contributed by atoms with Crippen molar-refractivity contribution in [3.05, 3.63) is 130 Å². The summed E-state index contributed by atoms with van der Waals surface area (Å²) >= 11 is 0. The van der Waals surface area contributed by atoms with Crippen LogP contribution < -0.4 is 19.5 Å². The molecule has 1 unspecified atom stereocenters. The second kappa shape index (κ2) is 15.1. The molecule has 1 aliphatic heterocycles. The zero-order chi connectivity index (χ0) is 41.9. The molecule has 3 heterocycles. The highest BCUT2D eigenvalue weighted by molar-refractivity contribution is 7.91. The third kappa shape index (κ3) is 7.18. The zero-order valence-corrected chi connectivity index (χ0v) is 32.8. The number of sulfone groups is 1. The van der Waals surface area contributed by atoms with E-state index >= 15 is 0 Å². The highest BCUT2D eigenvalue weighted by Gasteiger charge is 2.34. The summed E-state index contributed by atoms with van der Waals surface area (Å²) in [5.74, 6) is -3.85. The Balaban J connectivity index is 1.20. The second-order valence-electron chi connectivity index (χ2n) is 14.9. The number of ether oxygens (including phenoxy) is 3. The lowest BCUT2D eigenvalue weighted by Gasteiger charge is -2.23. The summed E-state index contributed by atoms with van der Waals surface area (Å²) in [5.41, 5.74) is 7.35. The first-order valence-electron chi connectivity index (χ1n) is 19.1. The number of fused-ring (bicyclic) bond motifs is 10. The van der Waals surface area contributed by atoms with Crippen LogP contribution in [0.5, 0.6) is 17.2 Å². The zero-order valence-electron chi connectivity index (χ0n) is 32.0. The number of rotatable bonds is 10. The van der Waals surface area contributed by atoms with Gasteiger partial charge in [-0.25, -0.2) is 26.4 Å². The fourth-order valence-corrected chi connectivity index (χ4v) is 9.87. The molecule has 4 N–H and O–H groups in total. The average Bonchev–Trinajstić information content (AvgIpc) is 3.69. The van der Waals surface area contributed by atoms with Gasteiger partial charge in [-0.1, -0.05) is 6.07 Å². The molecule has 1 amide bonds. The molecule has 11 nitrogen and oxygen atoms in total. The smallest absolute Gasteiger partial charge is 0.341 e. The third-order valence-electron chi connectivity index (χ3n) is 11.2. The number of hydrogen-bond acceptors (Lipinski definition) is 7. The van der Waals surface area contributed by atoms with E-state index in [0.717, 1.165) is 45.4 Å². The summed E-state index contributed by atoms with van der Waals surface area (Å²) in [7, 11) is -2.37. The standard InChI is InChI=1S/C45H36F3N3O8S/c1-57-27-5-9-39-33(17-27)34-15-25(13-24-14-28(58-22-43(53)54)4-6-29(24)44(34)50-39)31-18-35-41(19-40(31)59-21-42(52)49-20-23-2-7-36(47)37(48)12-23)60(55,56)11-10-30-32-16-26(46)3-8-38(32)51-45(30)35/h2-9,12,14,16-19,25,50-51H,10-11,13,15,20-22H2,1H3,(H,49,52)(H,53,54). The molecule has 0 saturated heterocycles. The Morgan fingerprint density at radius 3 is 2.30 bits per heavy atom. The Kier molecular flexibility index (Phi) is 9.78. The molecular formula is C45H36F3N3O8S. The normalized spacial score (nSPS) is 15.2. The first kappa shape index (κ1) is 38.8. The monoisotopic (exact) mass is 835 g/mol. The highest BCUT2D eigenvalue weighted by atomic mass is 32.2. The van der Waals surface area contributed by atoms with Gasteiger partial charge in [-0.05, 0) is 132 Å². The molecular weight excluding hydrogens is 800 g/mol. The van der Waals surface area contributed by atoms with Crippen LogP contribution in [0.4, 0.5) is 13.2 Å². The number of methoxy groups -OCH3 is 1. The second-order valence-corrected chi connectivity index (χ2v) is 17.0. The lowest BCUT2D eigenvalue weighted by atomic mass is 9.86. The Hall–Kier alpha value is -6.74. The fraction of sp³-hybridized carbons (Fsp3) is 0.200. The van der Waals surface area contributed by atoms with Crippen molar-refractivity contribution in [1.29, 1.82) is 0 Å². The molecule has 2 aromatic heterocycles. The van der Waals surface area contributed by atoms with Gasteiger partial charge in [-0.2, -0.15) is 0 Å². The predicted molar refractivity (Wildman–Crippen MR) is 217 cm³/mol. The van der Waals surface area contributed by atoms with Crippen molar-refractivity contribution in [1.82, 2.24) is 15.3 Å². The molecule has 7 aromatic rings. The van der Waals surface area contributed by atoms with Gasteiger partial charge in [0.2, 0.25) is 0 Å². The number of benzene rings is 5. The molecule has 9 rings (SSSR count). The maximum absolute atomic E-state index is 14.6. The van der Waals surface area contributed by atoms with E-state index in [9.17, 15) is 36.3 Å². The van der Waals surface area contributed by atoms with Crippen molar-refractivity contribution in [2.45, 2.75) is 36.6 Å². The lowest BCUT2D eigenvalue weighted by molar-refractivity contribution is -0.139. The van der Waals surface area contributed by atoms with E-state index in [1.165, 1.54) is 24.3 Å². The number of carboxylic acid groups (broad SMARTS) is 1. The molecule has 15 heteroatoms. The van der Waals surface area contributed by atoms with Crippen LogP contribution in [0, 0.1) is 17.5 Å². The van der Waals surface area contributed by atoms with Crippen LogP contribution >= 0.6 is 0 Å². The van der Waals surface area contributed by atoms with Crippen molar-refractivity contribution in [2.24, 2.45) is 0 Å². The quantitative estimate of drug-likeness (QED) is 0.109. The summed E-state index contributed by atoms with van der Waals surface area (Å²) in [6.07, 6.45) is 0.865. The van der Waals surface area contributed by atoms with Crippen LogP contribution in [0.25, 0.3) is 44.3 Å². The summed E-state index contributed by atoms with van der Waals surface area (Å²) in [6, 6.07) is 21.9. The summed E-state index contributed by atoms with van der Waals surface area (Å²) in [4.78, 5) is 31.6. The van der Waals surface area contributed by atoms with Crippen LogP contribution in [-0.4, -0.2) is 61.4 Å². The first-order valence-corrected chi connectivity index (χ1v) is 20.7. The molecule has 306 valence electrons. The van der Waals surface area contributed by atoms with Crippen molar-refractivity contribution in [2.75, 3.05) is 26.1 Å². The Labute approximate surface area is 341 Å². The van der Waals surface area contributed by atoms with Crippen LogP contribution in [0.2, 0.25) is 0 Å². The van der Waals surface area contributed by atoms with E-state index in [4.69, 9.17) is 14.2 Å². The number of carboxylic acids is 1. The number of H-pyrrole nitrogens is 2. The van der Waals surface area contributed by atoms with Crippen molar-refractivity contribution < 1.29 is 50.5 Å². The van der Waals surface area contributed by atoms with Gasteiger partial charge in [0.15, 0.2) is 34.7 Å². The predicted octanol–water partition coefficient (Wildman–Crippen LogP) is 7.78. The Morgan fingerprint density at radius 1 is 0.783 bits per heavy atom. The summed E-state index contributed by atoms with van der Waals surface area (Å²) in [5, 5.41) is 13.5. The van der Waals surface area contributed by atoms with Gasteiger partial charge < -0.3 is 34.6 Å². The molecule has 2 aliphatic rings. The van der Waals surface area contributed by atoms with Gasteiger partial charge in [-0.3, -0.25) is 4.79 Å². The molecule has 0 bridgehead atoms. The maximum Gasteiger partial charge on any atom is 0.341 e. The first-order chi connectivity index (χ1) is 28.8. The number of halogens is 3. The third-order valence-corrected chi connectivity index (χ3v) is 13.0. The van der Waals surface area contributed by atoms with E-state index in [1.807, 2.05) is 24.3 Å². The number of aromatic nitrogens is 2. The minimum atomic E-state index is -3.95. The van der Waals surface area contributed by atoms with Crippen LogP contribution in [0.1, 0.15) is 33.7 Å². The van der Waals surface area contributed by atoms with Gasteiger partial charge in [0.25, 0.3) is 5.91 Å². The SMILES string of the molecule is COc1ccc2[nH]c3c(c2c1)CC(c1cc2c(cc1OCC(=O)NCc1ccc(F)c(F)c1)S(=O)(=O)CCc1c-2[nH]c2ccc(F)cc12)Cc1cc(OCC(=O)O)ccc1-3. The van der Waals surface area contributed by atoms with Crippen LogP contribution in [0.3, 0.4) is 0 Å². The topological polar surface area (TPSA) is 160 Å². The van der Waals surface area contributed by atoms with E-state index in [-0.39, 0.29) is 29.4 Å². The van der Waals surface area contributed by atoms with E-state index in [1.54, 1.807) is 31.4 Å². The number of aryl methyl sites for hydroxylation is 1. The number of hydrogen-bond donors (Lipinski definition) is 4. The minimum Gasteiger partial charge on any atom is -0.497 e. The molecule has 0 fully saturated rings. The van der Waals surface area contributed by atoms with Crippen molar-refractivity contribution >= 4 is 43.5 Å². The lowest BCUT2D eigenvalue weighted by Crippen LogP contribution is -2.28. The fourth-order valence-electron chi connectivity index (χ4n) is 8.39. The van der Waals surface area contributed by atoms with Crippen LogP contribution in [0.15, 0.2) is 89.8 Å². The van der Waals surface area contributed by atoms with Crippen molar-refractivity contribution in [3.63, 3.8) is 0 Å². The van der Waals surface area contributed by atoms with Gasteiger partial charge >= 0.3 is 5.97 Å². The van der Waals surface area contributed by atoms with E-state index in [0.29, 0.717) is 63.2 Å². The molecule has 5 aromatic carbocycles. The van der Waals surface area contributed by atoms with Gasteiger partial charge in [-0.15, -0.1) is 0 Å². The van der Waals surface area contributed by atoms with E-state index in [2.05, 4.69) is 15.3 Å². The van der Waals surface area contributed by atoms with Gasteiger partial charge in [0, 0.05) is 45.2 Å². The number of carbonyl (C=O) groups excluding carboxylic acids is 1. The summed E-state index contributed by atoms with van der Waals surface area (Å²) in [6.45, 7) is -1.21. The number of aromatic amines is 2. The maximum atomic E-state index is 14.6. The minimum absolute atomic E-state index is 0.0230.